The van der Waals surface area contributed by atoms with Crippen LogP contribution in [0.15, 0.2) is 0 Å². The zero-order chi connectivity index (χ0) is 4.83. The normalized spacial score (nSPS) is 13.5. The van der Waals surface area contributed by atoms with Crippen molar-refractivity contribution in [3.63, 3.8) is 0 Å². The van der Waals surface area contributed by atoms with E-state index in [0.717, 1.165) is 24.4 Å². The van der Waals surface area contributed by atoms with E-state index < -0.39 is 0 Å². The first-order valence-corrected chi connectivity index (χ1v) is 6.55. The first kappa shape index (κ1) is 7.35. The van der Waals surface area contributed by atoms with Gasteiger partial charge in [-0.15, -0.1) is 0 Å². The van der Waals surface area contributed by atoms with Gasteiger partial charge in [0.15, 0.2) is 0 Å². The van der Waals surface area contributed by atoms with Gasteiger partial charge in [-0.2, -0.15) is 0 Å². The molecule has 0 aromatic rings. The van der Waals surface area contributed by atoms with E-state index >= 15 is 0 Å². The molecule has 0 aliphatic heterocycles. The van der Waals surface area contributed by atoms with Gasteiger partial charge in [0.25, 0.3) is 0 Å². The fourth-order valence-corrected chi connectivity index (χ4v) is 3.37. The van der Waals surface area contributed by atoms with Crippen LogP contribution in [-0.4, -0.2) is 0 Å². The lowest BCUT2D eigenvalue weighted by Gasteiger charge is -1.85. The average molecular weight is 158 g/mol. The molecule has 2 nitrogen and oxygen atoms in total. The van der Waals surface area contributed by atoms with Crippen LogP contribution >= 0.6 is 33.8 Å². The van der Waals surface area contributed by atoms with E-state index in [1.165, 1.54) is 0 Å². The Balaban J connectivity index is 2.49. The van der Waals surface area contributed by atoms with E-state index in [9.17, 15) is 0 Å². The molecular formula is H6N2P4. The van der Waals surface area contributed by atoms with Crippen LogP contribution in [-0.2, 0) is 0 Å². The Morgan fingerprint density at radius 1 is 1.83 bits per heavy atom. The lowest BCUT2D eigenvalue weighted by molar-refractivity contribution is 1.66. The van der Waals surface area contributed by atoms with Gasteiger partial charge in [-0.05, 0) is 16.4 Å². The van der Waals surface area contributed by atoms with Gasteiger partial charge < -0.3 is 0 Å². The van der Waals surface area contributed by atoms with Gasteiger partial charge in [0, 0.05) is 8.06 Å². The highest BCUT2D eigenvalue weighted by atomic mass is 32.4. The minimum Gasteiger partial charge on any atom is -0.279 e. The van der Waals surface area contributed by atoms with E-state index in [4.69, 9.17) is 5.16 Å². The molecule has 0 fully saturated rings. The molecular weight excluding hydrogens is 152 g/mol. The molecule has 0 saturated carbocycles. The summed E-state index contributed by atoms with van der Waals surface area (Å²) in [5.74, 6) is 0. The maximum Gasteiger partial charge on any atom is 0.0284 e. The summed E-state index contributed by atoms with van der Waals surface area (Å²) < 4.78 is 0. The molecule has 0 heterocycles. The van der Waals surface area contributed by atoms with Crippen LogP contribution in [0.3, 0.4) is 0 Å². The van der Waals surface area contributed by atoms with Crippen LogP contribution in [0.25, 0.3) is 0 Å². The second kappa shape index (κ2) is 6.35. The van der Waals surface area contributed by atoms with Crippen LogP contribution in [0.4, 0.5) is 0 Å². The quantitative estimate of drug-likeness (QED) is 0.479. The van der Waals surface area contributed by atoms with E-state index in [1.54, 1.807) is 0 Å². The molecule has 0 rings (SSSR count). The minimum absolute atomic E-state index is 0.750. The number of hydrogen-bond acceptors (Lipinski definition) is 2. The van der Waals surface area contributed by atoms with Gasteiger partial charge in [-0.3, -0.25) is 10.0 Å². The van der Waals surface area contributed by atoms with Crippen molar-refractivity contribution in [2.75, 3.05) is 0 Å². The highest BCUT2D eigenvalue weighted by Crippen LogP contribution is 2.44. The molecule has 6 heavy (non-hydrogen) atoms. The molecule has 6 heteroatoms. The van der Waals surface area contributed by atoms with Gasteiger partial charge in [-0.1, -0.05) is 9.39 Å². The summed E-state index contributed by atoms with van der Waals surface area (Å²) in [6.07, 6.45) is 0. The Kier molecular flexibility index (Phi) is 7.78. The van der Waals surface area contributed by atoms with E-state index in [0.29, 0.717) is 0 Å². The molecule has 2 N–H and O–H groups in total. The molecule has 0 saturated heterocycles. The molecule has 0 aromatic heterocycles. The van der Waals surface area contributed by atoms with E-state index in [2.05, 4.69) is 14.2 Å². The lowest BCUT2D eigenvalue weighted by atomic mass is 13.9. The van der Waals surface area contributed by atoms with Crippen molar-refractivity contribution < 1.29 is 0 Å². The molecule has 0 aliphatic carbocycles. The second-order valence-corrected chi connectivity index (χ2v) is 6.45. The zero-order valence-corrected chi connectivity index (χ0v) is 7.07. The third-order valence-corrected chi connectivity index (χ3v) is 4.97. The highest BCUT2D eigenvalue weighted by molar-refractivity contribution is 8.40. The predicted octanol–water partition coefficient (Wildman–Crippen LogP) is 2.18. The topological polar surface area (TPSA) is 35.9 Å². The molecule has 0 bridgehead atoms. The summed E-state index contributed by atoms with van der Waals surface area (Å²) in [5, 5.41) is 6.65. The molecule has 0 spiro atoms. The highest BCUT2D eigenvalue weighted by Gasteiger charge is 1.70. The zero-order valence-electron chi connectivity index (χ0n) is 3.02. The van der Waals surface area contributed by atoms with Gasteiger partial charge in [0.1, 0.15) is 0 Å². The van der Waals surface area contributed by atoms with Crippen molar-refractivity contribution in [2.45, 2.75) is 0 Å². The van der Waals surface area contributed by atoms with Gasteiger partial charge in [0.05, 0.1) is 0 Å². The number of hydrogen-bond donors (Lipinski definition) is 2. The van der Waals surface area contributed by atoms with Crippen LogP contribution in [0.5, 0.6) is 0 Å². The summed E-state index contributed by atoms with van der Waals surface area (Å²) in [7, 11) is 4.68. The molecule has 0 aromatic carbocycles. The van der Waals surface area contributed by atoms with Crippen LogP contribution < -0.4 is 4.86 Å². The summed E-state index contributed by atoms with van der Waals surface area (Å²) in [5.41, 5.74) is 0. The molecule has 0 radical (unpaired) electrons. The second-order valence-electron chi connectivity index (χ2n) is 0.493. The maximum atomic E-state index is 6.65. The standard InChI is InChI=1S/H6N2P4/c1-4-6-5-2-3/h1-2,5-6H,3H2. The first-order valence-electron chi connectivity index (χ1n) is 1.24. The summed E-state index contributed by atoms with van der Waals surface area (Å²) in [4.78, 5) is 2.90. The summed E-state index contributed by atoms with van der Waals surface area (Å²) in [6, 6.07) is 0. The molecule has 3 unspecified atom stereocenters. The fraction of sp³-hybridized carbons (Fsp3) is 0. The van der Waals surface area contributed by atoms with Crippen molar-refractivity contribution in [2.24, 2.45) is 0 Å². The van der Waals surface area contributed by atoms with Gasteiger partial charge in [0.2, 0.25) is 0 Å². The Morgan fingerprint density at radius 2 is 2.50 bits per heavy atom. The van der Waals surface area contributed by atoms with Gasteiger partial charge in [-0.25, -0.2) is 0 Å². The molecule has 36 valence electrons. The average Bonchev–Trinajstić information content (AvgIpc) is 1.61. The molecule has 0 aliphatic rings. The van der Waals surface area contributed by atoms with Crippen molar-refractivity contribution in [3.05, 3.63) is 0 Å². The molecule has 3 atom stereocenters. The van der Waals surface area contributed by atoms with E-state index in [1.807, 2.05) is 0 Å². The van der Waals surface area contributed by atoms with Crippen LogP contribution in [0, 0.1) is 5.16 Å². The summed E-state index contributed by atoms with van der Waals surface area (Å²) in [6.45, 7) is 0. The largest absolute Gasteiger partial charge is 0.279 e. The Hall–Kier alpha value is 1.35. The Labute approximate surface area is 44.6 Å². The van der Waals surface area contributed by atoms with Crippen LogP contribution in [0.1, 0.15) is 0 Å². The number of rotatable bonds is 3. The predicted molar refractivity (Wildman–Crippen MR) is 39.1 cm³/mol. The smallest absolute Gasteiger partial charge is 0.0284 e. The van der Waals surface area contributed by atoms with Gasteiger partial charge >= 0.3 is 0 Å². The number of nitrogens with one attached hydrogen (secondary N) is 2. The van der Waals surface area contributed by atoms with Crippen molar-refractivity contribution >= 4 is 33.8 Å². The van der Waals surface area contributed by atoms with Crippen LogP contribution in [0.2, 0.25) is 0 Å². The Morgan fingerprint density at radius 3 is 2.67 bits per heavy atom. The first-order chi connectivity index (χ1) is 2.91. The minimum atomic E-state index is 0.750. The maximum absolute atomic E-state index is 6.65. The van der Waals surface area contributed by atoms with Crippen molar-refractivity contribution in [3.8, 4) is 0 Å². The third kappa shape index (κ3) is 5.35. The van der Waals surface area contributed by atoms with E-state index in [-0.39, 0.29) is 0 Å². The Bertz CT molecular complexity index is 34.5. The third-order valence-electron chi connectivity index (χ3n) is 0.184. The molecule has 0 amide bonds. The monoisotopic (exact) mass is 158 g/mol. The summed E-state index contributed by atoms with van der Waals surface area (Å²) >= 11 is 0. The van der Waals surface area contributed by atoms with Crippen molar-refractivity contribution in [1.29, 1.82) is 5.16 Å². The fourth-order valence-electron chi connectivity index (χ4n) is 0.0602. The van der Waals surface area contributed by atoms with Crippen molar-refractivity contribution in [1.82, 2.24) is 4.86 Å². The SMILES string of the molecule is N=PPPNP. The lowest BCUT2D eigenvalue weighted by Crippen LogP contribution is -1.62.